The van der Waals surface area contributed by atoms with E-state index in [0.717, 1.165) is 17.0 Å². The fourth-order valence-electron chi connectivity index (χ4n) is 2.69. The predicted molar refractivity (Wildman–Crippen MR) is 80.4 cm³/mol. The van der Waals surface area contributed by atoms with Gasteiger partial charge in [-0.05, 0) is 12.8 Å². The summed E-state index contributed by atoms with van der Waals surface area (Å²) in [6.45, 7) is -0.456. The van der Waals surface area contributed by atoms with Crippen LogP contribution in [0.15, 0.2) is 0 Å². The molecule has 0 radical (unpaired) electrons. The van der Waals surface area contributed by atoms with E-state index in [-0.39, 0.29) is 6.04 Å². The van der Waals surface area contributed by atoms with E-state index in [1.54, 1.807) is 0 Å². The number of fused-ring (bicyclic) bond motifs is 1. The highest BCUT2D eigenvalue weighted by Crippen LogP contribution is 2.28. The third kappa shape index (κ3) is 2.77. The molecule has 122 valence electrons. The lowest BCUT2D eigenvalue weighted by Gasteiger charge is -2.23. The van der Waals surface area contributed by atoms with Gasteiger partial charge in [0.05, 0.1) is 5.69 Å². The van der Waals surface area contributed by atoms with E-state index in [1.807, 2.05) is 0 Å². The minimum absolute atomic E-state index is 0.101. The maximum Gasteiger partial charge on any atom is 0.334 e. The highest BCUT2D eigenvalue weighted by molar-refractivity contribution is 7.15. The van der Waals surface area contributed by atoms with Crippen LogP contribution >= 0.6 is 11.3 Å². The fourth-order valence-corrected chi connectivity index (χ4v) is 3.65. The number of aromatic nitrogens is 1. The molecule has 1 fully saturated rings. The quantitative estimate of drug-likeness (QED) is 0.545. The first kappa shape index (κ1) is 15.4. The number of hydrogen-bond acceptors (Lipinski definition) is 7. The van der Waals surface area contributed by atoms with Gasteiger partial charge in [0.15, 0.2) is 5.13 Å². The van der Waals surface area contributed by atoms with E-state index in [2.05, 4.69) is 10.3 Å². The molecule has 1 aromatic heterocycles. The van der Waals surface area contributed by atoms with Crippen LogP contribution in [0.3, 0.4) is 0 Å². The van der Waals surface area contributed by atoms with Gasteiger partial charge in [0, 0.05) is 24.4 Å². The van der Waals surface area contributed by atoms with Gasteiger partial charge in [0.25, 0.3) is 0 Å². The number of nitrogens with one attached hydrogen (secondary N) is 1. The van der Waals surface area contributed by atoms with E-state index in [0.29, 0.717) is 27.8 Å². The second-order valence-electron chi connectivity index (χ2n) is 5.47. The molecule has 0 spiro atoms. The monoisotopic (exact) mass is 337 g/mol. The molecular weight excluding hydrogens is 322 g/mol. The molecule has 23 heavy (non-hydrogen) atoms. The van der Waals surface area contributed by atoms with Crippen LogP contribution in [0.25, 0.3) is 0 Å². The minimum Gasteiger partial charge on any atom is -0.375 e. The maximum absolute atomic E-state index is 12.1. The summed E-state index contributed by atoms with van der Waals surface area (Å²) in [7, 11) is 1.21. The zero-order valence-corrected chi connectivity index (χ0v) is 13.2. The van der Waals surface area contributed by atoms with Crippen LogP contribution in [0.5, 0.6) is 0 Å². The van der Waals surface area contributed by atoms with Crippen molar-refractivity contribution in [2.45, 2.75) is 25.3 Å². The number of hydrogen-bond donors (Lipinski definition) is 2. The number of nitrogens with two attached hydrogens (primary N) is 1. The first-order valence-corrected chi connectivity index (χ1v) is 7.85. The number of urea groups is 1. The molecule has 0 bridgehead atoms. The molecule has 0 saturated carbocycles. The van der Waals surface area contributed by atoms with Crippen LogP contribution in [-0.4, -0.2) is 58.2 Å². The first-order valence-electron chi connectivity index (χ1n) is 7.03. The van der Waals surface area contributed by atoms with Crippen molar-refractivity contribution >= 4 is 40.2 Å². The lowest BCUT2D eigenvalue weighted by atomic mass is 9.97. The first-order chi connectivity index (χ1) is 10.9. The molecular formula is C13H15N5O4S. The Morgan fingerprint density at radius 3 is 2.78 bits per heavy atom. The lowest BCUT2D eigenvalue weighted by Crippen LogP contribution is -2.46. The number of carbonyl (C=O) groups excluding carboxylic acids is 4. The number of nitrogen functional groups attached to an aromatic ring is 1. The number of anilines is 1. The van der Waals surface area contributed by atoms with E-state index >= 15 is 0 Å². The van der Waals surface area contributed by atoms with Crippen molar-refractivity contribution in [3.8, 4) is 0 Å². The zero-order valence-electron chi connectivity index (χ0n) is 12.4. The van der Waals surface area contributed by atoms with Crippen LogP contribution in [0.4, 0.5) is 9.93 Å². The Kier molecular flexibility index (Phi) is 3.76. The molecule has 9 nitrogen and oxygen atoms in total. The van der Waals surface area contributed by atoms with Crippen LogP contribution in [0.1, 0.15) is 17.0 Å². The molecule has 3 N–H and O–H groups in total. The fraction of sp³-hybridized carbons (Fsp3) is 0.462. The smallest absolute Gasteiger partial charge is 0.334 e. The van der Waals surface area contributed by atoms with E-state index in [1.165, 1.54) is 18.4 Å². The van der Waals surface area contributed by atoms with Crippen molar-refractivity contribution in [1.29, 1.82) is 0 Å². The topological polar surface area (TPSA) is 126 Å². The molecule has 1 atom stereocenters. The van der Waals surface area contributed by atoms with Gasteiger partial charge in [0.2, 0.25) is 5.91 Å². The van der Waals surface area contributed by atoms with E-state index in [9.17, 15) is 19.2 Å². The molecule has 5 amide bonds. The second kappa shape index (κ2) is 5.61. The summed E-state index contributed by atoms with van der Waals surface area (Å²) < 4.78 is 0. The third-order valence-corrected chi connectivity index (χ3v) is 4.82. The third-order valence-electron chi connectivity index (χ3n) is 3.87. The Hall–Kier alpha value is -2.49. The number of aryl methyl sites for hydroxylation is 1. The average molecular weight is 337 g/mol. The lowest BCUT2D eigenvalue weighted by molar-refractivity contribution is -0.143. The minimum atomic E-state index is -0.978. The van der Waals surface area contributed by atoms with Gasteiger partial charge in [-0.3, -0.25) is 19.3 Å². The normalized spacial score (nSPS) is 20.9. The second-order valence-corrected chi connectivity index (χ2v) is 6.58. The largest absolute Gasteiger partial charge is 0.375 e. The molecule has 10 heteroatoms. The van der Waals surface area contributed by atoms with Crippen molar-refractivity contribution in [3.63, 3.8) is 0 Å². The Morgan fingerprint density at radius 2 is 2.13 bits per heavy atom. The summed E-state index contributed by atoms with van der Waals surface area (Å²) in [5.41, 5.74) is 6.64. The zero-order chi connectivity index (χ0) is 16.7. The summed E-state index contributed by atoms with van der Waals surface area (Å²) in [6, 6.07) is -0.882. The van der Waals surface area contributed by atoms with Gasteiger partial charge in [0.1, 0.15) is 6.54 Å². The molecule has 0 unspecified atom stereocenters. The summed E-state index contributed by atoms with van der Waals surface area (Å²) in [4.78, 5) is 53.4. The standard InChI is InChI=1S/C13H15N5O4S/c1-17-10(20)11(21)18(13(17)22)5-9(19)15-6-2-3-7-8(4-6)23-12(14)16-7/h6H,2-5H2,1H3,(H2,14,16)(H,15,19)/t6-/m0/s1. The van der Waals surface area contributed by atoms with Gasteiger partial charge in [-0.2, -0.15) is 0 Å². The molecule has 3 rings (SSSR count). The van der Waals surface area contributed by atoms with Gasteiger partial charge < -0.3 is 11.1 Å². The van der Waals surface area contributed by atoms with Crippen molar-refractivity contribution in [2.75, 3.05) is 19.3 Å². The van der Waals surface area contributed by atoms with Crippen LogP contribution < -0.4 is 11.1 Å². The predicted octanol–water partition coefficient (Wildman–Crippen LogP) is -0.881. The number of amides is 5. The van der Waals surface area contributed by atoms with Crippen molar-refractivity contribution in [1.82, 2.24) is 20.1 Å². The summed E-state index contributed by atoms with van der Waals surface area (Å²) in [6.07, 6.45) is 2.05. The van der Waals surface area contributed by atoms with Crippen LogP contribution in [0.2, 0.25) is 0 Å². The maximum atomic E-state index is 12.1. The van der Waals surface area contributed by atoms with Gasteiger partial charge in [-0.1, -0.05) is 0 Å². The molecule has 2 heterocycles. The van der Waals surface area contributed by atoms with Crippen molar-refractivity contribution in [2.24, 2.45) is 0 Å². The Labute approximate surface area is 135 Å². The Balaban J connectivity index is 1.59. The highest BCUT2D eigenvalue weighted by atomic mass is 32.1. The highest BCUT2D eigenvalue weighted by Gasteiger charge is 2.43. The Bertz CT molecular complexity index is 715. The summed E-state index contributed by atoms with van der Waals surface area (Å²) >= 11 is 1.40. The van der Waals surface area contributed by atoms with E-state index in [4.69, 9.17) is 5.73 Å². The summed E-state index contributed by atoms with van der Waals surface area (Å²) in [5, 5.41) is 3.30. The van der Waals surface area contributed by atoms with E-state index < -0.39 is 30.3 Å². The number of thiazole rings is 1. The van der Waals surface area contributed by atoms with Gasteiger partial charge in [-0.25, -0.2) is 14.7 Å². The number of carbonyl (C=O) groups is 4. The molecule has 1 aliphatic carbocycles. The van der Waals surface area contributed by atoms with Crippen molar-refractivity contribution in [3.05, 3.63) is 10.6 Å². The molecule has 0 aromatic carbocycles. The molecule has 1 aromatic rings. The number of imide groups is 2. The number of nitrogens with zero attached hydrogens (tertiary/aromatic N) is 3. The van der Waals surface area contributed by atoms with Crippen molar-refractivity contribution < 1.29 is 19.2 Å². The number of rotatable bonds is 3. The summed E-state index contributed by atoms with van der Waals surface area (Å²) in [5.74, 6) is -2.38. The SMILES string of the molecule is CN1C(=O)C(=O)N(CC(=O)N[C@H]2CCc3nc(N)sc3C2)C1=O. The molecule has 2 aliphatic rings. The molecule has 1 saturated heterocycles. The van der Waals surface area contributed by atoms with Gasteiger partial charge >= 0.3 is 17.8 Å². The Morgan fingerprint density at radius 1 is 1.39 bits per heavy atom. The van der Waals surface area contributed by atoms with Crippen LogP contribution in [0, 0.1) is 0 Å². The van der Waals surface area contributed by atoms with Crippen LogP contribution in [-0.2, 0) is 27.2 Å². The van der Waals surface area contributed by atoms with Gasteiger partial charge in [-0.15, -0.1) is 11.3 Å². The molecule has 1 aliphatic heterocycles. The average Bonchev–Trinajstić information content (AvgIpc) is 2.95. The number of likely N-dealkylation sites (N-methyl/N-ethyl adjacent to an activating group) is 1.